The fraction of sp³-hybridized carbons (Fsp3) is 0.936. The van der Waals surface area contributed by atoms with Crippen molar-refractivity contribution in [2.75, 3.05) is 47.9 Å². The van der Waals surface area contributed by atoms with Gasteiger partial charge in [-0.1, -0.05) is 41.5 Å². The summed E-state index contributed by atoms with van der Waals surface area (Å²) in [6.45, 7) is 24.3. The van der Waals surface area contributed by atoms with Crippen LogP contribution in [0, 0.1) is 23.7 Å². The van der Waals surface area contributed by atoms with E-state index in [1.54, 1.807) is 41.7 Å². The van der Waals surface area contributed by atoms with Gasteiger partial charge in [-0.2, -0.15) is 0 Å². The second-order valence-corrected chi connectivity index (χ2v) is 19.7. The summed E-state index contributed by atoms with van der Waals surface area (Å²) in [5.41, 5.74) is -4.22. The minimum Gasteiger partial charge on any atom is -0.459 e. The van der Waals surface area contributed by atoms with Crippen LogP contribution >= 0.6 is 0 Å². The van der Waals surface area contributed by atoms with Crippen LogP contribution in [-0.2, 0) is 52.3 Å². The topological polar surface area (TPSA) is 192 Å². The molecule has 16 heteroatoms. The molecule has 16 nitrogen and oxygen atoms in total. The zero-order valence-corrected chi connectivity index (χ0v) is 41.5. The summed E-state index contributed by atoms with van der Waals surface area (Å²) in [4.78, 5) is 45.9. The Labute approximate surface area is 378 Å². The Bertz CT molecular complexity index is 1450. The number of methoxy groups -OCH3 is 2. The number of ether oxygens (including phenoxy) is 8. The number of likely N-dealkylation sites (N-methyl/N-ethyl adjacent to an activating group) is 1. The number of carbonyl (C=O) groups excluding carboxylic acids is 3. The molecule has 0 radical (unpaired) electrons. The SMILES string of the molecule is CC[C@H]1OC(=O)[C@H](C)[C@@H](O[C@H]2C[C@@](C)(OC)C(OC(=O)CCCN(CC)CC)[C@H](C)O2)[C@H](C)[C@@H](O[C@@H]2O[C@H](C)C[C@H](N(C)C)[C@H]2O)[C@](C)(OC)C[C@@H](C)C(=O)C[C@H](C)[C@@H](O)[C@]1(C)O. The van der Waals surface area contributed by atoms with Gasteiger partial charge in [0, 0.05) is 51.4 Å². The van der Waals surface area contributed by atoms with Crippen LogP contribution in [0.3, 0.4) is 0 Å². The van der Waals surface area contributed by atoms with Crippen molar-refractivity contribution in [2.24, 2.45) is 23.7 Å². The van der Waals surface area contributed by atoms with Crippen molar-refractivity contribution in [3.63, 3.8) is 0 Å². The number of aliphatic hydroxyl groups excluding tert-OH is 2. The molecule has 18 atom stereocenters. The van der Waals surface area contributed by atoms with E-state index < -0.39 is 102 Å². The highest BCUT2D eigenvalue weighted by atomic mass is 16.7. The number of Topliss-reactive ketones (excluding diaryl/α,β-unsaturated/α-hetero) is 1. The summed E-state index contributed by atoms with van der Waals surface area (Å²) in [5.74, 6) is -4.32. The molecule has 3 saturated heterocycles. The van der Waals surface area contributed by atoms with Crippen molar-refractivity contribution in [2.45, 2.75) is 212 Å². The molecule has 3 aliphatic rings. The molecular formula is C47H86N2O14. The molecule has 0 aromatic heterocycles. The van der Waals surface area contributed by atoms with Crippen molar-refractivity contribution < 1.29 is 67.6 Å². The predicted molar refractivity (Wildman–Crippen MR) is 237 cm³/mol. The Morgan fingerprint density at radius 2 is 1.48 bits per heavy atom. The zero-order valence-electron chi connectivity index (χ0n) is 41.5. The maximum absolute atomic E-state index is 14.5. The molecule has 1 unspecified atom stereocenters. The van der Waals surface area contributed by atoms with E-state index in [2.05, 4.69) is 18.7 Å². The van der Waals surface area contributed by atoms with Gasteiger partial charge in [0.2, 0.25) is 0 Å². The van der Waals surface area contributed by atoms with E-state index in [4.69, 9.17) is 37.9 Å². The van der Waals surface area contributed by atoms with Crippen LogP contribution in [0.1, 0.15) is 128 Å². The molecule has 0 bridgehead atoms. The molecule has 0 spiro atoms. The monoisotopic (exact) mass is 903 g/mol. The largest absolute Gasteiger partial charge is 0.459 e. The Kier molecular flexibility index (Phi) is 20.9. The number of rotatable bonds is 15. The zero-order chi connectivity index (χ0) is 47.8. The van der Waals surface area contributed by atoms with Gasteiger partial charge in [0.15, 0.2) is 18.7 Å². The molecule has 368 valence electrons. The first-order chi connectivity index (χ1) is 29.3. The fourth-order valence-electron chi connectivity index (χ4n) is 10.1. The maximum Gasteiger partial charge on any atom is 0.311 e. The maximum atomic E-state index is 14.5. The third-order valence-electron chi connectivity index (χ3n) is 14.4. The van der Waals surface area contributed by atoms with Gasteiger partial charge in [-0.15, -0.1) is 0 Å². The van der Waals surface area contributed by atoms with Crippen LogP contribution in [0.2, 0.25) is 0 Å². The van der Waals surface area contributed by atoms with Gasteiger partial charge in [-0.25, -0.2) is 0 Å². The smallest absolute Gasteiger partial charge is 0.311 e. The molecular weight excluding hydrogens is 817 g/mol. The third-order valence-corrected chi connectivity index (χ3v) is 14.4. The van der Waals surface area contributed by atoms with Crippen molar-refractivity contribution in [1.29, 1.82) is 0 Å². The number of hydrogen-bond acceptors (Lipinski definition) is 16. The number of nitrogens with zero attached hydrogens (tertiary/aromatic N) is 2. The van der Waals surface area contributed by atoms with Crippen molar-refractivity contribution in [3.05, 3.63) is 0 Å². The van der Waals surface area contributed by atoms with Crippen LogP contribution in [-0.4, -0.2) is 175 Å². The van der Waals surface area contributed by atoms with Crippen LogP contribution in [0.4, 0.5) is 0 Å². The van der Waals surface area contributed by atoms with Crippen LogP contribution in [0.5, 0.6) is 0 Å². The molecule has 3 aliphatic heterocycles. The predicted octanol–water partition coefficient (Wildman–Crippen LogP) is 4.50. The summed E-state index contributed by atoms with van der Waals surface area (Å²) in [6, 6.07) is -0.300. The van der Waals surface area contributed by atoms with Crippen molar-refractivity contribution in [1.82, 2.24) is 9.80 Å². The lowest BCUT2D eigenvalue weighted by Crippen LogP contribution is -2.61. The van der Waals surface area contributed by atoms with Gasteiger partial charge in [0.25, 0.3) is 0 Å². The Morgan fingerprint density at radius 1 is 0.873 bits per heavy atom. The van der Waals surface area contributed by atoms with Gasteiger partial charge < -0.3 is 63.0 Å². The summed E-state index contributed by atoms with van der Waals surface area (Å²) in [6.07, 6.45) is -7.72. The summed E-state index contributed by atoms with van der Waals surface area (Å²) < 4.78 is 51.3. The normalized spacial score (nSPS) is 42.7. The van der Waals surface area contributed by atoms with Gasteiger partial charge in [-0.05, 0) is 107 Å². The average molecular weight is 903 g/mol. The Balaban J connectivity index is 2.14. The minimum absolute atomic E-state index is 0.0551. The first-order valence-corrected chi connectivity index (χ1v) is 23.5. The quantitative estimate of drug-likeness (QED) is 0.195. The number of hydrogen-bond donors (Lipinski definition) is 3. The van der Waals surface area contributed by atoms with E-state index in [9.17, 15) is 29.7 Å². The number of aliphatic hydroxyl groups is 3. The molecule has 63 heavy (non-hydrogen) atoms. The fourth-order valence-corrected chi connectivity index (χ4v) is 10.1. The van der Waals surface area contributed by atoms with E-state index >= 15 is 0 Å². The Morgan fingerprint density at radius 3 is 2.03 bits per heavy atom. The van der Waals surface area contributed by atoms with Crippen LogP contribution in [0.15, 0.2) is 0 Å². The second kappa shape index (κ2) is 23.8. The van der Waals surface area contributed by atoms with E-state index in [-0.39, 0.29) is 56.0 Å². The minimum atomic E-state index is -1.91. The first kappa shape index (κ1) is 55.5. The Hall–Kier alpha value is -1.83. The van der Waals surface area contributed by atoms with Gasteiger partial charge in [0.05, 0.1) is 42.0 Å². The summed E-state index contributed by atoms with van der Waals surface area (Å²) >= 11 is 0. The second-order valence-electron chi connectivity index (χ2n) is 19.7. The standard InChI is InChI=1S/C47H86N2O14/c1-17-35-47(12,55)40(53)27(4)23-34(50)28(5)25-45(10,56-15)41(63-44-38(52)33(48(13)14)24-29(6)58-44)30(7)39(31(8)43(54)60-35)62-37-26-46(11,57-16)42(32(9)59-37)61-36(51)21-20-22-49(18-2)19-3/h27-33,35,37-42,44,52-53,55H,17-26H2,1-16H3/t27-,28+,29+,30-,31+,32-,33-,35+,37-,38+,39-,40+,41+,42?,44-,45+,46+,47+/m0/s1. The average Bonchev–Trinajstić information content (AvgIpc) is 3.23. The van der Waals surface area contributed by atoms with E-state index in [1.165, 1.54) is 14.0 Å². The van der Waals surface area contributed by atoms with E-state index in [1.807, 2.05) is 46.7 Å². The summed E-state index contributed by atoms with van der Waals surface area (Å²) in [5, 5.41) is 35.1. The molecule has 3 fully saturated rings. The lowest BCUT2D eigenvalue weighted by molar-refractivity contribution is -0.320. The highest BCUT2D eigenvalue weighted by molar-refractivity contribution is 5.81. The van der Waals surface area contributed by atoms with Crippen LogP contribution < -0.4 is 0 Å². The number of carbonyl (C=O) groups is 3. The number of esters is 2. The molecule has 0 amide bonds. The molecule has 3 N–H and O–H groups in total. The van der Waals surface area contributed by atoms with Crippen LogP contribution in [0.25, 0.3) is 0 Å². The molecule has 0 saturated carbocycles. The van der Waals surface area contributed by atoms with Gasteiger partial charge in [0.1, 0.15) is 29.2 Å². The van der Waals surface area contributed by atoms with Gasteiger partial charge in [-0.3, -0.25) is 14.4 Å². The van der Waals surface area contributed by atoms with Crippen molar-refractivity contribution in [3.8, 4) is 0 Å². The number of cyclic esters (lactones) is 1. The molecule has 3 heterocycles. The lowest BCUT2D eigenvalue weighted by atomic mass is 9.76. The summed E-state index contributed by atoms with van der Waals surface area (Å²) in [7, 11) is 6.84. The van der Waals surface area contributed by atoms with Gasteiger partial charge >= 0.3 is 11.9 Å². The molecule has 3 rings (SSSR count). The third kappa shape index (κ3) is 13.6. The highest BCUT2D eigenvalue weighted by Crippen LogP contribution is 2.42. The van der Waals surface area contributed by atoms with Crippen molar-refractivity contribution >= 4 is 17.7 Å². The molecule has 0 aliphatic carbocycles. The molecule has 0 aromatic carbocycles. The first-order valence-electron chi connectivity index (χ1n) is 23.5. The number of ketones is 1. The molecule has 0 aromatic rings. The highest BCUT2D eigenvalue weighted by Gasteiger charge is 2.54. The van der Waals surface area contributed by atoms with E-state index in [0.717, 1.165) is 19.6 Å². The van der Waals surface area contributed by atoms with E-state index in [0.29, 0.717) is 12.8 Å². The lowest BCUT2D eigenvalue weighted by Gasteiger charge is -2.49.